The number of benzene rings is 1. The molecule has 0 atom stereocenters. The number of phenols is 1. The Morgan fingerprint density at radius 1 is 1.47 bits per heavy atom. The molecular weight excluding hydrogens is 266 g/mol. The van der Waals surface area contributed by atoms with Crippen molar-refractivity contribution >= 4 is 23.2 Å². The largest absolute Gasteiger partial charge is 0.506 e. The highest BCUT2D eigenvalue weighted by atomic mass is 35.5. The number of nitrogens with zero attached hydrogens (tertiary/aromatic N) is 2. The molecule has 2 N–H and O–H groups in total. The fraction of sp³-hybridized carbons (Fsp3) is 0.231. The Morgan fingerprint density at radius 2 is 2.21 bits per heavy atom. The van der Waals surface area contributed by atoms with Crippen molar-refractivity contribution in [1.82, 2.24) is 9.78 Å². The molecule has 0 spiro atoms. The van der Waals surface area contributed by atoms with Crippen molar-refractivity contribution in [1.29, 1.82) is 0 Å². The fourth-order valence-corrected chi connectivity index (χ4v) is 1.87. The number of hydrogen-bond acceptors (Lipinski definition) is 3. The zero-order valence-corrected chi connectivity index (χ0v) is 11.4. The smallest absolute Gasteiger partial charge is 0.273 e. The lowest BCUT2D eigenvalue weighted by molar-refractivity contribution is 0.101. The van der Waals surface area contributed by atoms with Gasteiger partial charge in [0.25, 0.3) is 5.91 Å². The SMILES string of the molecule is CCc1cc(C(=O)Nc2ccc(O)c(Cl)c2)n(C)n1. The average molecular weight is 280 g/mol. The molecule has 5 nitrogen and oxygen atoms in total. The average Bonchev–Trinajstić information content (AvgIpc) is 2.75. The zero-order valence-electron chi connectivity index (χ0n) is 10.6. The third-order valence-electron chi connectivity index (χ3n) is 2.73. The Morgan fingerprint density at radius 3 is 2.79 bits per heavy atom. The second-order valence-electron chi connectivity index (χ2n) is 4.12. The number of anilines is 1. The highest BCUT2D eigenvalue weighted by molar-refractivity contribution is 6.32. The van der Waals surface area contributed by atoms with E-state index in [4.69, 9.17) is 11.6 Å². The Hall–Kier alpha value is -2.01. The van der Waals surface area contributed by atoms with E-state index >= 15 is 0 Å². The first-order chi connectivity index (χ1) is 9.01. The molecule has 2 aromatic rings. The Bertz CT molecular complexity index is 622. The Kier molecular flexibility index (Phi) is 3.76. The Balaban J connectivity index is 2.20. The zero-order chi connectivity index (χ0) is 14.0. The minimum atomic E-state index is -0.267. The van der Waals surface area contributed by atoms with E-state index in [0.29, 0.717) is 11.4 Å². The first kappa shape index (κ1) is 13.4. The molecule has 1 aromatic heterocycles. The van der Waals surface area contributed by atoms with Crippen LogP contribution in [-0.2, 0) is 13.5 Å². The topological polar surface area (TPSA) is 67.2 Å². The van der Waals surface area contributed by atoms with Crippen LogP contribution in [0.4, 0.5) is 5.69 Å². The van der Waals surface area contributed by atoms with Gasteiger partial charge in [-0.05, 0) is 30.7 Å². The molecule has 0 aliphatic carbocycles. The third kappa shape index (κ3) is 2.88. The molecule has 0 bridgehead atoms. The van der Waals surface area contributed by atoms with Crippen LogP contribution in [0, 0.1) is 0 Å². The van der Waals surface area contributed by atoms with Crippen LogP contribution in [-0.4, -0.2) is 20.8 Å². The van der Waals surface area contributed by atoms with Gasteiger partial charge in [0.15, 0.2) is 0 Å². The summed E-state index contributed by atoms with van der Waals surface area (Å²) in [7, 11) is 1.72. The quantitative estimate of drug-likeness (QED) is 0.849. The number of amides is 1. The van der Waals surface area contributed by atoms with Crippen molar-refractivity contribution in [2.75, 3.05) is 5.32 Å². The predicted molar refractivity (Wildman–Crippen MR) is 73.7 cm³/mol. The summed E-state index contributed by atoms with van der Waals surface area (Å²) in [5, 5.41) is 16.4. The molecule has 1 aromatic carbocycles. The summed E-state index contributed by atoms with van der Waals surface area (Å²) in [4.78, 5) is 12.1. The number of carbonyl (C=O) groups excluding carboxylic acids is 1. The van der Waals surface area contributed by atoms with Crippen LogP contribution in [0.15, 0.2) is 24.3 Å². The van der Waals surface area contributed by atoms with Gasteiger partial charge in [0.05, 0.1) is 10.7 Å². The number of aryl methyl sites for hydroxylation is 2. The van der Waals surface area contributed by atoms with Crippen molar-refractivity contribution in [3.8, 4) is 5.75 Å². The molecule has 0 saturated heterocycles. The number of nitrogens with one attached hydrogen (secondary N) is 1. The molecule has 0 fully saturated rings. The van der Waals surface area contributed by atoms with Crippen molar-refractivity contribution < 1.29 is 9.90 Å². The summed E-state index contributed by atoms with van der Waals surface area (Å²) in [6, 6.07) is 6.25. The maximum absolute atomic E-state index is 12.1. The molecule has 100 valence electrons. The fourth-order valence-electron chi connectivity index (χ4n) is 1.69. The molecule has 0 aliphatic rings. The second-order valence-corrected chi connectivity index (χ2v) is 4.53. The maximum atomic E-state index is 12.1. The van der Waals surface area contributed by atoms with Gasteiger partial charge in [-0.3, -0.25) is 9.48 Å². The molecule has 2 rings (SSSR count). The lowest BCUT2D eigenvalue weighted by atomic mass is 10.2. The number of hydrogen-bond donors (Lipinski definition) is 2. The molecule has 0 saturated carbocycles. The van der Waals surface area contributed by atoms with Crippen LogP contribution in [0.3, 0.4) is 0 Å². The summed E-state index contributed by atoms with van der Waals surface area (Å²) < 4.78 is 1.54. The van der Waals surface area contributed by atoms with Crippen LogP contribution in [0.5, 0.6) is 5.75 Å². The number of phenolic OH excluding ortho intramolecular Hbond substituents is 1. The maximum Gasteiger partial charge on any atom is 0.273 e. The predicted octanol–water partition coefficient (Wildman–Crippen LogP) is 2.59. The molecule has 19 heavy (non-hydrogen) atoms. The highest BCUT2D eigenvalue weighted by Gasteiger charge is 2.13. The molecule has 0 aliphatic heterocycles. The van der Waals surface area contributed by atoms with Gasteiger partial charge < -0.3 is 10.4 Å². The summed E-state index contributed by atoms with van der Waals surface area (Å²) in [5.74, 6) is -0.287. The van der Waals surface area contributed by atoms with Gasteiger partial charge in [0.1, 0.15) is 11.4 Å². The van der Waals surface area contributed by atoms with E-state index in [0.717, 1.165) is 12.1 Å². The lowest BCUT2D eigenvalue weighted by Crippen LogP contribution is -2.15. The van der Waals surface area contributed by atoms with E-state index in [-0.39, 0.29) is 16.7 Å². The van der Waals surface area contributed by atoms with Crippen molar-refractivity contribution in [3.05, 3.63) is 40.7 Å². The van der Waals surface area contributed by atoms with Crippen LogP contribution >= 0.6 is 11.6 Å². The third-order valence-corrected chi connectivity index (χ3v) is 3.03. The molecule has 1 heterocycles. The molecule has 6 heteroatoms. The van der Waals surface area contributed by atoms with Gasteiger partial charge in [0, 0.05) is 12.7 Å². The summed E-state index contributed by atoms with van der Waals surface area (Å²) >= 11 is 5.78. The standard InChI is InChI=1S/C13H14ClN3O2/c1-3-8-7-11(17(2)16-8)13(19)15-9-4-5-12(18)10(14)6-9/h4-7,18H,3H2,1-2H3,(H,15,19). The van der Waals surface area contributed by atoms with Gasteiger partial charge in [-0.2, -0.15) is 5.10 Å². The highest BCUT2D eigenvalue weighted by Crippen LogP contribution is 2.26. The molecule has 1 amide bonds. The number of aromatic nitrogens is 2. The Labute approximate surface area is 115 Å². The van der Waals surface area contributed by atoms with Gasteiger partial charge in [0.2, 0.25) is 0 Å². The minimum Gasteiger partial charge on any atom is -0.506 e. The first-order valence-electron chi connectivity index (χ1n) is 5.84. The van der Waals surface area contributed by atoms with E-state index in [9.17, 15) is 9.90 Å². The van der Waals surface area contributed by atoms with E-state index in [1.807, 2.05) is 6.92 Å². The molecular formula is C13H14ClN3O2. The summed E-state index contributed by atoms with van der Waals surface area (Å²) in [6.07, 6.45) is 0.770. The second kappa shape index (κ2) is 5.32. The van der Waals surface area contributed by atoms with E-state index < -0.39 is 0 Å². The van der Waals surface area contributed by atoms with Crippen LogP contribution in [0.25, 0.3) is 0 Å². The number of rotatable bonds is 3. The van der Waals surface area contributed by atoms with Crippen LogP contribution < -0.4 is 5.32 Å². The van der Waals surface area contributed by atoms with Gasteiger partial charge in [-0.1, -0.05) is 18.5 Å². The van der Waals surface area contributed by atoms with Crippen LogP contribution in [0.2, 0.25) is 5.02 Å². The minimum absolute atomic E-state index is 0.0199. The van der Waals surface area contributed by atoms with Crippen molar-refractivity contribution in [3.63, 3.8) is 0 Å². The molecule has 0 radical (unpaired) electrons. The van der Waals surface area contributed by atoms with E-state index in [2.05, 4.69) is 10.4 Å². The summed E-state index contributed by atoms with van der Waals surface area (Å²) in [6.45, 7) is 1.98. The van der Waals surface area contributed by atoms with Gasteiger partial charge in [-0.25, -0.2) is 0 Å². The number of carbonyl (C=O) groups is 1. The lowest BCUT2D eigenvalue weighted by Gasteiger charge is -2.06. The first-order valence-corrected chi connectivity index (χ1v) is 6.22. The number of halogens is 1. The molecule has 0 unspecified atom stereocenters. The van der Waals surface area contributed by atoms with Crippen molar-refractivity contribution in [2.24, 2.45) is 7.05 Å². The van der Waals surface area contributed by atoms with Gasteiger partial charge >= 0.3 is 0 Å². The van der Waals surface area contributed by atoms with Crippen LogP contribution in [0.1, 0.15) is 23.1 Å². The van der Waals surface area contributed by atoms with Crippen molar-refractivity contribution in [2.45, 2.75) is 13.3 Å². The van der Waals surface area contributed by atoms with Gasteiger partial charge in [-0.15, -0.1) is 0 Å². The monoisotopic (exact) mass is 279 g/mol. The van der Waals surface area contributed by atoms with E-state index in [1.165, 1.54) is 16.8 Å². The normalized spacial score (nSPS) is 10.5. The number of aromatic hydroxyl groups is 1. The van der Waals surface area contributed by atoms with E-state index in [1.54, 1.807) is 19.2 Å². The summed E-state index contributed by atoms with van der Waals surface area (Å²) in [5.41, 5.74) is 1.85.